The van der Waals surface area contributed by atoms with Crippen molar-refractivity contribution < 1.29 is 15.4 Å². The fraction of sp³-hybridized carbons (Fsp3) is 0.267. The second-order valence-electron chi connectivity index (χ2n) is 4.56. The Morgan fingerprint density at radius 3 is 3.10 bits per heavy atom. The highest BCUT2D eigenvalue weighted by Crippen LogP contribution is 2.33. The number of rotatable bonds is 3. The van der Waals surface area contributed by atoms with Gasteiger partial charge in [-0.2, -0.15) is 0 Å². The highest BCUT2D eigenvalue weighted by Gasteiger charge is 2.31. The van der Waals surface area contributed by atoms with Crippen molar-refractivity contribution in [3.8, 4) is 0 Å². The van der Waals surface area contributed by atoms with Crippen LogP contribution in [0.15, 0.2) is 35.6 Å². The smallest absolute Gasteiger partial charge is 0.325 e. The molecule has 1 N–H and O–H groups in total. The number of carboxylic acid groups (broad SMARTS) is 1. The predicted octanol–water partition coefficient (Wildman–Crippen LogP) is 3.59. The Kier molecular flexibility index (Phi) is 2.66. The molecule has 1 atom stereocenters. The van der Waals surface area contributed by atoms with Crippen molar-refractivity contribution in [1.82, 2.24) is 4.90 Å². The Balaban J connectivity index is 2.10. The molecule has 1 aromatic heterocycles. The molecule has 5 heteroatoms. The van der Waals surface area contributed by atoms with Crippen LogP contribution in [-0.2, 0) is 17.8 Å². The maximum absolute atomic E-state index is 11.9. The van der Waals surface area contributed by atoms with E-state index in [-0.39, 0.29) is 10.6 Å². The summed E-state index contributed by atoms with van der Waals surface area (Å²) in [5, 5.41) is 11.5. The van der Waals surface area contributed by atoms with E-state index in [2.05, 4.69) is 0 Å². The highest BCUT2D eigenvalue weighted by molar-refractivity contribution is 7.10. The summed E-state index contributed by atoms with van der Waals surface area (Å²) in [5.74, 6) is -1.18. The SMILES string of the molecule is [2H]c1c([2H])c([2H])c([C@@H](C(=O)O)N2CCc3sccc3C2)c(Cl)c1[2H]. The van der Waals surface area contributed by atoms with Crippen LogP contribution in [0.3, 0.4) is 0 Å². The molecule has 1 aliphatic rings. The average Bonchev–Trinajstić information content (AvgIpc) is 3.02. The minimum atomic E-state index is -1.22. The first-order valence-corrected chi connectivity index (χ1v) is 7.36. The molecule has 0 spiro atoms. The summed E-state index contributed by atoms with van der Waals surface area (Å²) in [4.78, 5) is 14.8. The third-order valence-electron chi connectivity index (χ3n) is 3.38. The van der Waals surface area contributed by atoms with Crippen LogP contribution in [0.5, 0.6) is 0 Å². The first-order valence-electron chi connectivity index (χ1n) is 8.10. The summed E-state index contributed by atoms with van der Waals surface area (Å²) < 4.78 is 31.3. The maximum atomic E-state index is 11.9. The van der Waals surface area contributed by atoms with Gasteiger partial charge in [-0.05, 0) is 35.0 Å². The molecule has 1 aromatic carbocycles. The Bertz CT molecular complexity index is 797. The number of fused-ring (bicyclic) bond motifs is 1. The number of nitrogens with zero attached hydrogens (tertiary/aromatic N) is 1. The topological polar surface area (TPSA) is 40.5 Å². The fourth-order valence-corrected chi connectivity index (χ4v) is 3.54. The molecule has 0 radical (unpaired) electrons. The van der Waals surface area contributed by atoms with Gasteiger partial charge in [0.15, 0.2) is 0 Å². The largest absolute Gasteiger partial charge is 0.480 e. The van der Waals surface area contributed by atoms with Crippen molar-refractivity contribution in [3.05, 3.63) is 56.6 Å². The number of hydrogen-bond acceptors (Lipinski definition) is 3. The molecule has 3 nitrogen and oxygen atoms in total. The standard InChI is InChI=1S/C15H14ClNO2S/c16-12-4-2-1-3-11(12)14(15(18)19)17-7-5-13-10(9-17)6-8-20-13/h1-4,6,8,14H,5,7,9H2,(H,18,19)/t14-/m0/s1/i1D,2D,3D,4D. The van der Waals surface area contributed by atoms with E-state index < -0.39 is 36.2 Å². The first kappa shape index (κ1) is 9.55. The third-order valence-corrected chi connectivity index (χ3v) is 4.70. The summed E-state index contributed by atoms with van der Waals surface area (Å²) >= 11 is 7.75. The fourth-order valence-electron chi connectivity index (χ4n) is 2.45. The Labute approximate surface area is 132 Å². The van der Waals surface area contributed by atoms with Crippen LogP contribution in [0.1, 0.15) is 27.5 Å². The highest BCUT2D eigenvalue weighted by atomic mass is 35.5. The van der Waals surface area contributed by atoms with Crippen molar-refractivity contribution in [1.29, 1.82) is 0 Å². The summed E-state index contributed by atoms with van der Waals surface area (Å²) in [5.41, 5.74) is 0.975. The van der Waals surface area contributed by atoms with Gasteiger partial charge in [0.1, 0.15) is 6.04 Å². The van der Waals surface area contributed by atoms with Crippen molar-refractivity contribution in [2.75, 3.05) is 6.54 Å². The number of aliphatic carboxylic acids is 1. The van der Waals surface area contributed by atoms with E-state index in [4.69, 9.17) is 17.1 Å². The summed E-state index contributed by atoms with van der Waals surface area (Å²) in [7, 11) is 0. The van der Waals surface area contributed by atoms with Gasteiger partial charge >= 0.3 is 5.97 Å². The minimum Gasteiger partial charge on any atom is -0.480 e. The summed E-state index contributed by atoms with van der Waals surface area (Å²) in [6.07, 6.45) is 0.708. The molecule has 104 valence electrons. The Morgan fingerprint density at radius 2 is 2.30 bits per heavy atom. The zero-order valence-corrected chi connectivity index (χ0v) is 12.0. The normalized spacial score (nSPS) is 19.4. The van der Waals surface area contributed by atoms with Gasteiger partial charge in [0.25, 0.3) is 0 Å². The van der Waals surface area contributed by atoms with Crippen LogP contribution in [0.25, 0.3) is 0 Å². The van der Waals surface area contributed by atoms with Crippen LogP contribution < -0.4 is 0 Å². The van der Waals surface area contributed by atoms with Gasteiger partial charge in [0, 0.05) is 23.0 Å². The lowest BCUT2D eigenvalue weighted by Gasteiger charge is -2.32. The van der Waals surface area contributed by atoms with E-state index >= 15 is 0 Å². The lowest BCUT2D eigenvalue weighted by atomic mass is 10.0. The number of carboxylic acids is 1. The molecule has 2 aromatic rings. The van der Waals surface area contributed by atoms with Gasteiger partial charge in [-0.1, -0.05) is 29.7 Å². The zero-order chi connectivity index (χ0) is 17.6. The molecule has 1 aliphatic heterocycles. The van der Waals surface area contributed by atoms with E-state index in [9.17, 15) is 9.90 Å². The second-order valence-corrected chi connectivity index (χ2v) is 5.94. The molecular weight excluding hydrogens is 294 g/mol. The van der Waals surface area contributed by atoms with E-state index in [1.807, 2.05) is 11.4 Å². The lowest BCUT2D eigenvalue weighted by Crippen LogP contribution is -2.37. The number of halogens is 1. The van der Waals surface area contributed by atoms with Crippen LogP contribution in [0, 0.1) is 0 Å². The monoisotopic (exact) mass is 311 g/mol. The van der Waals surface area contributed by atoms with Gasteiger partial charge in [0.05, 0.1) is 5.48 Å². The van der Waals surface area contributed by atoms with Gasteiger partial charge in [-0.3, -0.25) is 9.69 Å². The Hall–Kier alpha value is -1.36. The molecule has 0 aliphatic carbocycles. The molecule has 0 fully saturated rings. The Morgan fingerprint density at radius 1 is 1.50 bits per heavy atom. The molecule has 20 heavy (non-hydrogen) atoms. The van der Waals surface area contributed by atoms with Gasteiger partial charge < -0.3 is 5.11 Å². The molecular formula is C15H14ClNO2S. The number of hydrogen-bond donors (Lipinski definition) is 1. The van der Waals surface area contributed by atoms with Gasteiger partial charge in [0.2, 0.25) is 0 Å². The predicted molar refractivity (Wildman–Crippen MR) is 80.3 cm³/mol. The van der Waals surface area contributed by atoms with E-state index in [1.165, 1.54) is 4.88 Å². The molecule has 2 heterocycles. The number of benzene rings is 1. The van der Waals surface area contributed by atoms with Gasteiger partial charge in [-0.15, -0.1) is 11.3 Å². The average molecular weight is 312 g/mol. The summed E-state index contributed by atoms with van der Waals surface area (Å²) in [6.45, 7) is 0.901. The quantitative estimate of drug-likeness (QED) is 0.942. The van der Waals surface area contributed by atoms with Gasteiger partial charge in [-0.25, -0.2) is 0 Å². The van der Waals surface area contributed by atoms with Crippen LogP contribution in [0.2, 0.25) is 5.02 Å². The molecule has 3 rings (SSSR count). The van der Waals surface area contributed by atoms with Crippen molar-refractivity contribution >= 4 is 28.9 Å². The van der Waals surface area contributed by atoms with E-state index in [0.29, 0.717) is 19.5 Å². The van der Waals surface area contributed by atoms with E-state index in [1.54, 1.807) is 16.2 Å². The molecule has 0 amide bonds. The van der Waals surface area contributed by atoms with Crippen molar-refractivity contribution in [3.63, 3.8) is 0 Å². The summed E-state index contributed by atoms with van der Waals surface area (Å²) in [6, 6.07) is -1.01. The van der Waals surface area contributed by atoms with Crippen molar-refractivity contribution in [2.24, 2.45) is 0 Å². The molecule has 0 saturated carbocycles. The number of carbonyl (C=O) groups is 1. The molecule has 0 bridgehead atoms. The second kappa shape index (κ2) is 5.56. The maximum Gasteiger partial charge on any atom is 0.325 e. The van der Waals surface area contributed by atoms with Crippen LogP contribution in [-0.4, -0.2) is 22.5 Å². The molecule has 0 unspecified atom stereocenters. The lowest BCUT2D eigenvalue weighted by molar-refractivity contribution is -0.144. The van der Waals surface area contributed by atoms with Crippen molar-refractivity contribution in [2.45, 2.75) is 19.0 Å². The minimum absolute atomic E-state index is 0.0751. The third kappa shape index (κ3) is 2.46. The van der Waals surface area contributed by atoms with Crippen LogP contribution >= 0.6 is 22.9 Å². The van der Waals surface area contributed by atoms with Crippen LogP contribution in [0.4, 0.5) is 0 Å². The first-order chi connectivity index (χ1) is 11.3. The zero-order valence-electron chi connectivity index (χ0n) is 14.4. The van der Waals surface area contributed by atoms with E-state index in [0.717, 1.165) is 5.56 Å². The number of thiophene rings is 1. The molecule has 0 saturated heterocycles.